The number of benzene rings is 7. The molecule has 0 fully saturated rings. The van der Waals surface area contributed by atoms with E-state index in [4.69, 9.17) is 15.0 Å². The quantitative estimate of drug-likeness (QED) is 0.190. The Hall–Kier alpha value is -6.23. The fraction of sp³-hybridized carbons (Fsp3) is 0.0217. The molecular formula is C46H27N3S. The molecule has 3 nitrogen and oxygen atoms in total. The summed E-state index contributed by atoms with van der Waals surface area (Å²) in [5, 5.41) is 3.68. The number of thiophene rings is 1. The van der Waals surface area contributed by atoms with Gasteiger partial charge in [0, 0.05) is 37.2 Å². The van der Waals surface area contributed by atoms with Crippen LogP contribution in [-0.2, 0) is 5.41 Å². The van der Waals surface area contributed by atoms with E-state index in [1.54, 1.807) is 0 Å². The van der Waals surface area contributed by atoms with Gasteiger partial charge >= 0.3 is 0 Å². The summed E-state index contributed by atoms with van der Waals surface area (Å²) in [5.41, 5.74) is 11.7. The second-order valence-electron chi connectivity index (χ2n) is 13.1. The Morgan fingerprint density at radius 1 is 0.400 bits per heavy atom. The van der Waals surface area contributed by atoms with Gasteiger partial charge in [0.05, 0.1) is 5.41 Å². The largest absolute Gasteiger partial charge is 0.208 e. The lowest BCUT2D eigenvalue weighted by Gasteiger charge is -2.29. The number of fused-ring (bicyclic) bond motifs is 13. The molecule has 1 atom stereocenters. The molecule has 0 bridgehead atoms. The van der Waals surface area contributed by atoms with Gasteiger partial charge in [0.2, 0.25) is 0 Å². The first-order chi connectivity index (χ1) is 24.8. The van der Waals surface area contributed by atoms with Crippen LogP contribution in [0.25, 0.3) is 77.3 Å². The zero-order chi connectivity index (χ0) is 32.8. The zero-order valence-electron chi connectivity index (χ0n) is 26.8. The fourth-order valence-corrected chi connectivity index (χ4v) is 9.82. The summed E-state index contributed by atoms with van der Waals surface area (Å²) in [6, 6.07) is 58.7. The molecule has 2 aliphatic rings. The van der Waals surface area contributed by atoms with E-state index in [9.17, 15) is 0 Å². The number of nitrogens with zero attached hydrogens (tertiary/aromatic N) is 3. The number of hydrogen-bond acceptors (Lipinski definition) is 4. The van der Waals surface area contributed by atoms with Crippen molar-refractivity contribution in [2.24, 2.45) is 0 Å². The summed E-state index contributed by atoms with van der Waals surface area (Å²) in [6.07, 6.45) is 0. The topological polar surface area (TPSA) is 38.7 Å². The van der Waals surface area contributed by atoms with Crippen molar-refractivity contribution < 1.29 is 0 Å². The Labute approximate surface area is 293 Å². The first kappa shape index (κ1) is 27.7. The molecule has 0 N–H and O–H groups in total. The van der Waals surface area contributed by atoms with E-state index >= 15 is 0 Å². The van der Waals surface area contributed by atoms with Gasteiger partial charge in [-0.25, -0.2) is 15.0 Å². The van der Waals surface area contributed by atoms with Crippen molar-refractivity contribution in [2.45, 2.75) is 5.41 Å². The van der Waals surface area contributed by atoms with Gasteiger partial charge in [-0.2, -0.15) is 0 Å². The standard InChI is InChI=1S/C46H27N3S/c1-2-13-29(14-3-1)43-47-44(31-23-22-28-12-4-5-15-30(28)26-31)49-45(48-43)32-24-25-39-36(27-32)33-16-6-9-19-37(33)46(39)38-20-10-7-17-34(38)41-35-18-8-11-21-40(35)50-42(41)46/h1-27H. The molecule has 11 rings (SSSR count). The summed E-state index contributed by atoms with van der Waals surface area (Å²) in [4.78, 5) is 16.7. The van der Waals surface area contributed by atoms with Crippen molar-refractivity contribution >= 4 is 32.2 Å². The maximum atomic E-state index is 5.16. The van der Waals surface area contributed by atoms with Gasteiger partial charge in [0.15, 0.2) is 17.5 Å². The fourth-order valence-electron chi connectivity index (χ4n) is 8.36. The molecule has 2 aliphatic carbocycles. The molecular weight excluding hydrogens is 627 g/mol. The number of hydrogen-bond donors (Lipinski definition) is 0. The molecule has 2 heterocycles. The first-order valence-corrected chi connectivity index (χ1v) is 17.8. The van der Waals surface area contributed by atoms with Crippen LogP contribution in [0, 0.1) is 0 Å². The van der Waals surface area contributed by atoms with Crippen molar-refractivity contribution in [3.8, 4) is 56.4 Å². The Bertz CT molecular complexity index is 2840. The van der Waals surface area contributed by atoms with Crippen LogP contribution in [0.5, 0.6) is 0 Å². The lowest BCUT2D eigenvalue weighted by atomic mass is 9.74. The van der Waals surface area contributed by atoms with Crippen LogP contribution in [0.15, 0.2) is 164 Å². The highest BCUT2D eigenvalue weighted by atomic mass is 32.1. The van der Waals surface area contributed by atoms with Gasteiger partial charge in [-0.1, -0.05) is 146 Å². The van der Waals surface area contributed by atoms with E-state index in [-0.39, 0.29) is 5.41 Å². The van der Waals surface area contributed by atoms with Gasteiger partial charge in [-0.3, -0.25) is 0 Å². The predicted octanol–water partition coefficient (Wildman–Crippen LogP) is 11.6. The van der Waals surface area contributed by atoms with Crippen molar-refractivity contribution in [1.82, 2.24) is 15.0 Å². The monoisotopic (exact) mass is 653 g/mol. The van der Waals surface area contributed by atoms with Gasteiger partial charge in [0.25, 0.3) is 0 Å². The van der Waals surface area contributed by atoms with E-state index in [2.05, 4.69) is 146 Å². The van der Waals surface area contributed by atoms with Crippen LogP contribution in [-0.4, -0.2) is 15.0 Å². The molecule has 0 amide bonds. The second kappa shape index (κ2) is 10.4. The number of aromatic nitrogens is 3. The molecule has 4 heteroatoms. The lowest BCUT2D eigenvalue weighted by molar-refractivity contribution is 0.811. The maximum Gasteiger partial charge on any atom is 0.164 e. The molecule has 9 aromatic rings. The second-order valence-corrected chi connectivity index (χ2v) is 14.2. The predicted molar refractivity (Wildman–Crippen MR) is 205 cm³/mol. The van der Waals surface area contributed by atoms with Gasteiger partial charge in [-0.05, 0) is 62.4 Å². The third kappa shape index (κ3) is 3.77. The first-order valence-electron chi connectivity index (χ1n) is 16.9. The molecule has 0 aliphatic heterocycles. The Morgan fingerprint density at radius 3 is 1.80 bits per heavy atom. The minimum atomic E-state index is -0.384. The van der Waals surface area contributed by atoms with E-state index in [1.165, 1.54) is 59.3 Å². The van der Waals surface area contributed by atoms with Crippen LogP contribution in [0.3, 0.4) is 0 Å². The average Bonchev–Trinajstić information content (AvgIpc) is 3.81. The molecule has 2 aromatic heterocycles. The summed E-state index contributed by atoms with van der Waals surface area (Å²) < 4.78 is 1.33. The summed E-state index contributed by atoms with van der Waals surface area (Å²) in [7, 11) is 0. The van der Waals surface area contributed by atoms with E-state index in [1.807, 2.05) is 29.5 Å². The van der Waals surface area contributed by atoms with Crippen molar-refractivity contribution in [3.05, 3.63) is 185 Å². The van der Waals surface area contributed by atoms with Crippen LogP contribution < -0.4 is 0 Å². The van der Waals surface area contributed by atoms with Crippen molar-refractivity contribution in [2.75, 3.05) is 0 Å². The Kier molecular flexibility index (Phi) is 5.75. The van der Waals surface area contributed by atoms with Gasteiger partial charge in [-0.15, -0.1) is 11.3 Å². The molecule has 1 spiro atoms. The highest BCUT2D eigenvalue weighted by Gasteiger charge is 2.53. The average molecular weight is 654 g/mol. The molecule has 7 aromatic carbocycles. The van der Waals surface area contributed by atoms with Gasteiger partial charge < -0.3 is 0 Å². The molecule has 50 heavy (non-hydrogen) atoms. The van der Waals surface area contributed by atoms with Gasteiger partial charge in [0.1, 0.15) is 0 Å². The Balaban J connectivity index is 1.15. The van der Waals surface area contributed by atoms with Crippen LogP contribution >= 0.6 is 11.3 Å². The van der Waals surface area contributed by atoms with E-state index in [0.29, 0.717) is 17.5 Å². The highest BCUT2D eigenvalue weighted by molar-refractivity contribution is 7.20. The molecule has 232 valence electrons. The summed E-state index contributed by atoms with van der Waals surface area (Å²) >= 11 is 1.93. The minimum absolute atomic E-state index is 0.384. The summed E-state index contributed by atoms with van der Waals surface area (Å²) in [5.74, 6) is 1.99. The molecule has 0 saturated carbocycles. The highest BCUT2D eigenvalue weighted by Crippen LogP contribution is 2.66. The van der Waals surface area contributed by atoms with Crippen molar-refractivity contribution in [3.63, 3.8) is 0 Å². The van der Waals surface area contributed by atoms with E-state index < -0.39 is 0 Å². The normalized spacial score (nSPS) is 15.3. The van der Waals surface area contributed by atoms with E-state index in [0.717, 1.165) is 22.1 Å². The number of rotatable bonds is 3. The minimum Gasteiger partial charge on any atom is -0.208 e. The maximum absolute atomic E-state index is 5.16. The molecule has 1 unspecified atom stereocenters. The molecule has 0 radical (unpaired) electrons. The lowest BCUT2D eigenvalue weighted by Crippen LogP contribution is -2.24. The smallest absolute Gasteiger partial charge is 0.164 e. The SMILES string of the molecule is c1ccc(-c2nc(-c3ccc4c(c3)-c3ccccc3C43c4ccccc4-c4c3sc3ccccc43)nc(-c3ccc4ccccc4c3)n2)cc1. The zero-order valence-corrected chi connectivity index (χ0v) is 27.7. The Morgan fingerprint density at radius 2 is 0.980 bits per heavy atom. The third-order valence-corrected chi connectivity index (χ3v) is 11.8. The summed E-state index contributed by atoms with van der Waals surface area (Å²) in [6.45, 7) is 0. The third-order valence-electron chi connectivity index (χ3n) is 10.5. The van der Waals surface area contributed by atoms with Crippen LogP contribution in [0.4, 0.5) is 0 Å². The van der Waals surface area contributed by atoms with Crippen LogP contribution in [0.2, 0.25) is 0 Å². The van der Waals surface area contributed by atoms with Crippen LogP contribution in [0.1, 0.15) is 21.6 Å². The van der Waals surface area contributed by atoms with Crippen molar-refractivity contribution in [1.29, 1.82) is 0 Å². The molecule has 0 saturated heterocycles.